The molecule has 0 saturated heterocycles. The Morgan fingerprint density at radius 1 is 1.33 bits per heavy atom. The quantitative estimate of drug-likeness (QED) is 0.781. The van der Waals surface area contributed by atoms with E-state index in [-0.39, 0.29) is 12.4 Å². The fourth-order valence-corrected chi connectivity index (χ4v) is 2.32. The van der Waals surface area contributed by atoms with Gasteiger partial charge in [0.2, 0.25) is 0 Å². The molecule has 2 rings (SSSR count). The first-order valence-electron chi connectivity index (χ1n) is 5.76. The smallest absolute Gasteiger partial charge is 0.310 e. The van der Waals surface area contributed by atoms with Gasteiger partial charge in [0.05, 0.1) is 26.2 Å². The first-order chi connectivity index (χ1) is 8.58. The van der Waals surface area contributed by atoms with Crippen molar-refractivity contribution < 1.29 is 14.3 Å². The molecule has 2 aromatic rings. The summed E-state index contributed by atoms with van der Waals surface area (Å²) in [4.78, 5) is 11.4. The van der Waals surface area contributed by atoms with Crippen LogP contribution in [0.2, 0.25) is 0 Å². The summed E-state index contributed by atoms with van der Waals surface area (Å²) < 4.78 is 12.1. The fourth-order valence-electron chi connectivity index (χ4n) is 2.32. The predicted octanol–water partition coefficient (Wildman–Crippen LogP) is 2.21. The van der Waals surface area contributed by atoms with Crippen LogP contribution < -0.4 is 4.74 Å². The van der Waals surface area contributed by atoms with Crippen molar-refractivity contribution in [2.45, 2.75) is 13.3 Å². The van der Waals surface area contributed by atoms with Gasteiger partial charge < -0.3 is 14.0 Å². The molecule has 0 atom stereocenters. The lowest BCUT2D eigenvalue weighted by Crippen LogP contribution is -2.04. The molecule has 0 aliphatic rings. The van der Waals surface area contributed by atoms with Crippen LogP contribution in [0, 0.1) is 6.92 Å². The number of ether oxygens (including phenoxy) is 2. The van der Waals surface area contributed by atoms with E-state index >= 15 is 0 Å². The standard InChI is InChI=1S/C14H17NO3/c1-9-5-6-11(17-3)14-13(9)10(8-15(14)2)7-12(16)18-4/h5-6,8H,7H2,1-4H3. The van der Waals surface area contributed by atoms with Gasteiger partial charge in [-0.1, -0.05) is 6.07 Å². The Morgan fingerprint density at radius 2 is 2.06 bits per heavy atom. The number of hydrogen-bond donors (Lipinski definition) is 0. The highest BCUT2D eigenvalue weighted by Gasteiger charge is 2.15. The molecule has 1 aromatic carbocycles. The minimum Gasteiger partial charge on any atom is -0.495 e. The van der Waals surface area contributed by atoms with Crippen molar-refractivity contribution in [3.8, 4) is 5.75 Å². The van der Waals surface area contributed by atoms with E-state index in [1.807, 2.05) is 36.9 Å². The molecule has 0 saturated carbocycles. The summed E-state index contributed by atoms with van der Waals surface area (Å²) in [5, 5.41) is 1.07. The van der Waals surface area contributed by atoms with Gasteiger partial charge in [-0.05, 0) is 24.1 Å². The number of carbonyl (C=O) groups is 1. The van der Waals surface area contributed by atoms with E-state index in [0.29, 0.717) is 0 Å². The number of hydrogen-bond acceptors (Lipinski definition) is 3. The molecule has 0 aliphatic carbocycles. The molecule has 18 heavy (non-hydrogen) atoms. The molecule has 0 bridgehead atoms. The molecular weight excluding hydrogens is 230 g/mol. The Labute approximate surface area is 106 Å². The van der Waals surface area contributed by atoms with Crippen molar-refractivity contribution in [2.75, 3.05) is 14.2 Å². The van der Waals surface area contributed by atoms with Gasteiger partial charge in [-0.2, -0.15) is 0 Å². The van der Waals surface area contributed by atoms with Gasteiger partial charge in [0.25, 0.3) is 0 Å². The van der Waals surface area contributed by atoms with Crippen molar-refractivity contribution in [1.82, 2.24) is 4.57 Å². The van der Waals surface area contributed by atoms with Crippen molar-refractivity contribution in [2.24, 2.45) is 7.05 Å². The highest BCUT2D eigenvalue weighted by Crippen LogP contribution is 2.32. The van der Waals surface area contributed by atoms with Crippen LogP contribution in [0.1, 0.15) is 11.1 Å². The first-order valence-corrected chi connectivity index (χ1v) is 5.76. The van der Waals surface area contributed by atoms with Crippen LogP contribution in [0.3, 0.4) is 0 Å². The third-order valence-corrected chi connectivity index (χ3v) is 3.15. The summed E-state index contributed by atoms with van der Waals surface area (Å²) >= 11 is 0. The number of aromatic nitrogens is 1. The van der Waals surface area contributed by atoms with E-state index in [9.17, 15) is 4.79 Å². The topological polar surface area (TPSA) is 40.5 Å². The summed E-state index contributed by atoms with van der Waals surface area (Å²) in [5.41, 5.74) is 3.11. The number of carbonyl (C=O) groups excluding carboxylic acids is 1. The number of benzene rings is 1. The molecule has 0 radical (unpaired) electrons. The van der Waals surface area contributed by atoms with Gasteiger partial charge in [0.1, 0.15) is 5.75 Å². The SMILES string of the molecule is COC(=O)Cc1cn(C)c2c(OC)ccc(C)c12. The number of nitrogens with zero attached hydrogens (tertiary/aromatic N) is 1. The molecule has 0 amide bonds. The molecule has 0 aliphatic heterocycles. The third kappa shape index (κ3) is 1.94. The van der Waals surface area contributed by atoms with Crippen molar-refractivity contribution >= 4 is 16.9 Å². The van der Waals surface area contributed by atoms with Crippen LogP contribution in [0.25, 0.3) is 10.9 Å². The predicted molar refractivity (Wildman–Crippen MR) is 69.9 cm³/mol. The maximum atomic E-state index is 11.4. The molecule has 0 spiro atoms. The Kier molecular flexibility index (Phi) is 3.28. The number of aryl methyl sites for hydroxylation is 2. The number of esters is 1. The van der Waals surface area contributed by atoms with E-state index in [1.54, 1.807) is 7.11 Å². The summed E-state index contributed by atoms with van der Waals surface area (Å²) in [6, 6.07) is 3.95. The van der Waals surface area contributed by atoms with E-state index in [1.165, 1.54) is 7.11 Å². The molecule has 4 heteroatoms. The molecule has 1 heterocycles. The molecule has 0 N–H and O–H groups in total. The maximum absolute atomic E-state index is 11.4. The van der Waals surface area contributed by atoms with Gasteiger partial charge in [-0.3, -0.25) is 4.79 Å². The average molecular weight is 247 g/mol. The van der Waals surface area contributed by atoms with E-state index in [2.05, 4.69) is 0 Å². The Morgan fingerprint density at radius 3 is 2.67 bits per heavy atom. The average Bonchev–Trinajstić information content (AvgIpc) is 2.68. The first kappa shape index (κ1) is 12.5. The number of methoxy groups -OCH3 is 2. The zero-order valence-electron chi connectivity index (χ0n) is 11.1. The second-order valence-electron chi connectivity index (χ2n) is 4.33. The summed E-state index contributed by atoms with van der Waals surface area (Å²) in [5.74, 6) is 0.582. The normalized spacial score (nSPS) is 10.7. The lowest BCUT2D eigenvalue weighted by atomic mass is 10.0. The molecule has 4 nitrogen and oxygen atoms in total. The zero-order chi connectivity index (χ0) is 13.3. The Bertz CT molecular complexity index is 599. The molecule has 1 aromatic heterocycles. The van der Waals surface area contributed by atoms with E-state index < -0.39 is 0 Å². The minimum absolute atomic E-state index is 0.232. The van der Waals surface area contributed by atoms with Crippen LogP contribution >= 0.6 is 0 Å². The van der Waals surface area contributed by atoms with Crippen LogP contribution in [0.4, 0.5) is 0 Å². The van der Waals surface area contributed by atoms with E-state index in [0.717, 1.165) is 27.8 Å². The summed E-state index contributed by atoms with van der Waals surface area (Å²) in [6.07, 6.45) is 2.24. The van der Waals surface area contributed by atoms with Crippen LogP contribution in [0.5, 0.6) is 5.75 Å². The Balaban J connectivity index is 2.66. The van der Waals surface area contributed by atoms with Gasteiger partial charge in [-0.25, -0.2) is 0 Å². The third-order valence-electron chi connectivity index (χ3n) is 3.15. The van der Waals surface area contributed by atoms with Crippen LogP contribution in [0.15, 0.2) is 18.3 Å². The van der Waals surface area contributed by atoms with Crippen molar-refractivity contribution in [1.29, 1.82) is 0 Å². The second kappa shape index (κ2) is 4.72. The maximum Gasteiger partial charge on any atom is 0.310 e. The van der Waals surface area contributed by atoms with Crippen molar-refractivity contribution in [3.63, 3.8) is 0 Å². The lowest BCUT2D eigenvalue weighted by Gasteiger charge is -2.07. The second-order valence-corrected chi connectivity index (χ2v) is 4.33. The van der Waals surface area contributed by atoms with Gasteiger partial charge in [0.15, 0.2) is 0 Å². The largest absolute Gasteiger partial charge is 0.495 e. The van der Waals surface area contributed by atoms with Gasteiger partial charge in [-0.15, -0.1) is 0 Å². The molecule has 0 fully saturated rings. The van der Waals surface area contributed by atoms with Crippen LogP contribution in [-0.4, -0.2) is 24.8 Å². The van der Waals surface area contributed by atoms with Gasteiger partial charge >= 0.3 is 5.97 Å². The minimum atomic E-state index is -0.232. The van der Waals surface area contributed by atoms with E-state index in [4.69, 9.17) is 9.47 Å². The molecule has 96 valence electrons. The van der Waals surface area contributed by atoms with Crippen LogP contribution in [-0.2, 0) is 23.0 Å². The summed E-state index contributed by atoms with van der Waals surface area (Å²) in [7, 11) is 5.00. The summed E-state index contributed by atoms with van der Waals surface area (Å²) in [6.45, 7) is 2.03. The zero-order valence-corrected chi connectivity index (χ0v) is 11.1. The highest BCUT2D eigenvalue weighted by atomic mass is 16.5. The number of rotatable bonds is 3. The lowest BCUT2D eigenvalue weighted by molar-refractivity contribution is -0.139. The Hall–Kier alpha value is -1.97. The van der Waals surface area contributed by atoms with Gasteiger partial charge in [0, 0.05) is 18.6 Å². The van der Waals surface area contributed by atoms with Crippen molar-refractivity contribution in [3.05, 3.63) is 29.5 Å². The molecular formula is C14H17NO3. The monoisotopic (exact) mass is 247 g/mol. The highest BCUT2D eigenvalue weighted by molar-refractivity contribution is 5.94. The molecule has 0 unspecified atom stereocenters. The fraction of sp³-hybridized carbons (Fsp3) is 0.357. The number of fused-ring (bicyclic) bond motifs is 1.